The van der Waals surface area contributed by atoms with Gasteiger partial charge in [-0.25, -0.2) is 12.8 Å². The summed E-state index contributed by atoms with van der Waals surface area (Å²) in [7, 11) is -3.64. The first-order valence-corrected chi connectivity index (χ1v) is 14.1. The van der Waals surface area contributed by atoms with Crippen LogP contribution < -0.4 is 0 Å². The summed E-state index contributed by atoms with van der Waals surface area (Å²) in [6.45, 7) is 1.83. The molecule has 9 heteroatoms. The van der Waals surface area contributed by atoms with Crippen LogP contribution >= 0.6 is 0 Å². The Labute approximate surface area is 212 Å². The van der Waals surface area contributed by atoms with Gasteiger partial charge in [-0.15, -0.1) is 10.2 Å². The zero-order valence-corrected chi connectivity index (χ0v) is 21.3. The number of aliphatic hydroxyl groups excluding tert-OH is 1. The second-order valence-corrected chi connectivity index (χ2v) is 12.4. The van der Waals surface area contributed by atoms with Crippen molar-refractivity contribution in [1.82, 2.24) is 19.1 Å². The van der Waals surface area contributed by atoms with E-state index in [0.29, 0.717) is 12.0 Å². The maximum absolute atomic E-state index is 15.4. The average Bonchev–Trinajstić information content (AvgIpc) is 3.43. The van der Waals surface area contributed by atoms with Crippen LogP contribution in [0.1, 0.15) is 73.4 Å². The van der Waals surface area contributed by atoms with E-state index in [9.17, 15) is 13.5 Å². The quantitative estimate of drug-likeness (QED) is 0.525. The lowest BCUT2D eigenvalue weighted by Gasteiger charge is -2.40. The molecule has 0 amide bonds. The van der Waals surface area contributed by atoms with Crippen molar-refractivity contribution >= 4 is 10.0 Å². The number of halogens is 1. The molecule has 0 bridgehead atoms. The van der Waals surface area contributed by atoms with Crippen molar-refractivity contribution in [3.63, 3.8) is 0 Å². The Hall–Kier alpha value is -2.62. The molecule has 192 valence electrons. The smallest absolute Gasteiger partial charge is 0.221 e. The summed E-state index contributed by atoms with van der Waals surface area (Å²) in [4.78, 5) is 0. The Balaban J connectivity index is 1.35. The van der Waals surface area contributed by atoms with E-state index in [0.717, 1.165) is 43.2 Å². The molecule has 3 aromatic rings. The Morgan fingerprint density at radius 3 is 2.36 bits per heavy atom. The molecule has 0 spiro atoms. The number of hydrogen-bond donors (Lipinski definition) is 1. The standard InChI is InChI=1S/C27H33FN4O3S/c1-20-7-10-26(21-5-3-2-4-6-21)36(34,35)32(20)16-22-8-9-23(15-25(22)28)27(17-33)13-11-24(12-14-27)31-18-29-30-19-31/h2-6,8-9,15,18-20,24,26,33H,7,10-14,16-17H2,1H3. The molecule has 1 saturated carbocycles. The largest absolute Gasteiger partial charge is 0.395 e. The van der Waals surface area contributed by atoms with Crippen LogP contribution in [0.5, 0.6) is 0 Å². The highest BCUT2D eigenvalue weighted by Gasteiger charge is 2.41. The van der Waals surface area contributed by atoms with Gasteiger partial charge in [-0.05, 0) is 62.6 Å². The molecule has 1 saturated heterocycles. The zero-order valence-electron chi connectivity index (χ0n) is 20.5. The summed E-state index contributed by atoms with van der Waals surface area (Å²) in [6.07, 6.45) is 7.83. The highest BCUT2D eigenvalue weighted by molar-refractivity contribution is 7.89. The molecular weight excluding hydrogens is 479 g/mol. The van der Waals surface area contributed by atoms with Crippen LogP contribution in [0, 0.1) is 5.82 Å². The van der Waals surface area contributed by atoms with Crippen molar-refractivity contribution in [2.24, 2.45) is 0 Å². The minimum atomic E-state index is -3.64. The van der Waals surface area contributed by atoms with Crippen molar-refractivity contribution in [3.8, 4) is 0 Å². The van der Waals surface area contributed by atoms with E-state index >= 15 is 4.39 Å². The van der Waals surface area contributed by atoms with Gasteiger partial charge in [-0.2, -0.15) is 4.31 Å². The van der Waals surface area contributed by atoms with Crippen molar-refractivity contribution in [2.45, 2.75) is 74.7 Å². The summed E-state index contributed by atoms with van der Waals surface area (Å²) >= 11 is 0. The topological polar surface area (TPSA) is 88.3 Å². The van der Waals surface area contributed by atoms with Gasteiger partial charge in [0.05, 0.1) is 6.61 Å². The van der Waals surface area contributed by atoms with Crippen LogP contribution in [-0.4, -0.2) is 45.2 Å². The fourth-order valence-corrected chi connectivity index (χ4v) is 8.10. The van der Waals surface area contributed by atoms with E-state index in [2.05, 4.69) is 10.2 Å². The number of benzene rings is 2. The maximum Gasteiger partial charge on any atom is 0.221 e. The summed E-state index contributed by atoms with van der Waals surface area (Å²) in [6, 6.07) is 14.4. The molecule has 1 aliphatic carbocycles. The minimum Gasteiger partial charge on any atom is -0.395 e. The fourth-order valence-electron chi connectivity index (χ4n) is 5.91. The normalized spacial score (nSPS) is 28.7. The molecular formula is C27H33FN4O3S. The molecule has 1 aliphatic heterocycles. The van der Waals surface area contributed by atoms with E-state index in [1.165, 1.54) is 10.4 Å². The van der Waals surface area contributed by atoms with Gasteiger partial charge in [0.1, 0.15) is 23.7 Å². The molecule has 2 heterocycles. The predicted octanol–water partition coefficient (Wildman–Crippen LogP) is 4.52. The van der Waals surface area contributed by atoms with Gasteiger partial charge in [-0.1, -0.05) is 42.5 Å². The second-order valence-electron chi connectivity index (χ2n) is 10.3. The van der Waals surface area contributed by atoms with Gasteiger partial charge < -0.3 is 9.67 Å². The minimum absolute atomic E-state index is 0.000769. The first-order chi connectivity index (χ1) is 17.3. The molecule has 36 heavy (non-hydrogen) atoms. The molecule has 1 N–H and O–H groups in total. The van der Waals surface area contributed by atoms with Gasteiger partial charge in [0, 0.05) is 29.6 Å². The number of hydrogen-bond acceptors (Lipinski definition) is 5. The lowest BCUT2D eigenvalue weighted by atomic mass is 9.68. The molecule has 2 unspecified atom stereocenters. The summed E-state index contributed by atoms with van der Waals surface area (Å²) in [5.41, 5.74) is 1.39. The van der Waals surface area contributed by atoms with Crippen LogP contribution in [-0.2, 0) is 22.0 Å². The monoisotopic (exact) mass is 512 g/mol. The SMILES string of the molecule is CC1CCC(c2ccccc2)S(=O)(=O)N1Cc1ccc(C2(CO)CCC(n3cnnc3)CC2)cc1F. The maximum atomic E-state index is 15.4. The molecule has 2 atom stereocenters. The third kappa shape index (κ3) is 4.60. The first-order valence-electron chi connectivity index (χ1n) is 12.6. The lowest BCUT2D eigenvalue weighted by molar-refractivity contribution is 0.132. The number of rotatable bonds is 6. The third-order valence-corrected chi connectivity index (χ3v) is 10.6. The number of aliphatic hydroxyl groups is 1. The Kier molecular flexibility index (Phi) is 6.98. The van der Waals surface area contributed by atoms with Gasteiger partial charge in [0.2, 0.25) is 10.0 Å². The van der Waals surface area contributed by atoms with E-state index < -0.39 is 26.5 Å². The highest BCUT2D eigenvalue weighted by atomic mass is 32.2. The molecule has 2 fully saturated rings. The molecule has 2 aromatic carbocycles. The molecule has 2 aliphatic rings. The molecule has 0 radical (unpaired) electrons. The fraction of sp³-hybridized carbons (Fsp3) is 0.481. The number of sulfonamides is 1. The van der Waals surface area contributed by atoms with Crippen molar-refractivity contribution in [2.75, 3.05) is 6.61 Å². The molecule has 1 aromatic heterocycles. The van der Waals surface area contributed by atoms with Gasteiger partial charge in [-0.3, -0.25) is 0 Å². The predicted molar refractivity (Wildman–Crippen MR) is 135 cm³/mol. The van der Waals surface area contributed by atoms with Crippen molar-refractivity contribution < 1.29 is 17.9 Å². The van der Waals surface area contributed by atoms with Crippen LogP contribution in [0.4, 0.5) is 4.39 Å². The van der Waals surface area contributed by atoms with E-state index in [1.54, 1.807) is 18.7 Å². The van der Waals surface area contributed by atoms with E-state index in [-0.39, 0.29) is 25.2 Å². The summed E-state index contributed by atoms with van der Waals surface area (Å²) < 4.78 is 46.0. The van der Waals surface area contributed by atoms with Crippen LogP contribution in [0.15, 0.2) is 61.2 Å². The molecule has 7 nitrogen and oxygen atoms in total. The van der Waals surface area contributed by atoms with Gasteiger partial charge in [0.25, 0.3) is 0 Å². The second kappa shape index (κ2) is 10.0. The van der Waals surface area contributed by atoms with Gasteiger partial charge in [0.15, 0.2) is 0 Å². The zero-order chi connectivity index (χ0) is 25.3. The third-order valence-electron chi connectivity index (χ3n) is 8.26. The van der Waals surface area contributed by atoms with Crippen LogP contribution in [0.3, 0.4) is 0 Å². The Bertz CT molecular complexity index is 1280. The number of nitrogens with zero attached hydrogens (tertiary/aromatic N) is 4. The lowest BCUT2D eigenvalue weighted by Crippen LogP contribution is -2.44. The van der Waals surface area contributed by atoms with Crippen molar-refractivity contribution in [1.29, 1.82) is 0 Å². The van der Waals surface area contributed by atoms with Crippen LogP contribution in [0.25, 0.3) is 0 Å². The van der Waals surface area contributed by atoms with Gasteiger partial charge >= 0.3 is 0 Å². The van der Waals surface area contributed by atoms with E-state index in [4.69, 9.17) is 0 Å². The summed E-state index contributed by atoms with van der Waals surface area (Å²) in [5.74, 6) is -0.425. The van der Waals surface area contributed by atoms with Crippen LogP contribution in [0.2, 0.25) is 0 Å². The Morgan fingerprint density at radius 2 is 1.72 bits per heavy atom. The molecule has 5 rings (SSSR count). The summed E-state index contributed by atoms with van der Waals surface area (Å²) in [5, 5.41) is 17.5. The first kappa shape index (κ1) is 25.0. The Morgan fingerprint density at radius 1 is 1.03 bits per heavy atom. The van der Waals surface area contributed by atoms with E-state index in [1.807, 2.05) is 47.9 Å². The number of aromatic nitrogens is 3. The average molecular weight is 513 g/mol. The van der Waals surface area contributed by atoms with Crippen molar-refractivity contribution in [3.05, 3.63) is 83.7 Å². The highest BCUT2D eigenvalue weighted by Crippen LogP contribution is 2.44.